The Hall–Kier alpha value is -7.75. The van der Waals surface area contributed by atoms with E-state index < -0.39 is 0 Å². The summed E-state index contributed by atoms with van der Waals surface area (Å²) in [5.74, 6) is 3.16. The summed E-state index contributed by atoms with van der Waals surface area (Å²) in [5, 5.41) is 13.0. The Morgan fingerprint density at radius 2 is 1.11 bits per heavy atom. The molecule has 0 spiro atoms. The molecule has 1 aliphatic rings. The zero-order chi connectivity index (χ0) is 42.6. The molecule has 9 aromatic rings. The fourth-order valence-electron chi connectivity index (χ4n) is 6.12. The Labute approximate surface area is 355 Å². The highest BCUT2D eigenvalue weighted by atomic mass is 16.5. The molecule has 1 aliphatic heterocycles. The van der Waals surface area contributed by atoms with E-state index in [2.05, 4.69) is 113 Å². The topological polar surface area (TPSA) is 288 Å². The number of nitrogens with one attached hydrogen (secondary N) is 8. The van der Waals surface area contributed by atoms with Crippen LogP contribution in [0.5, 0.6) is 0 Å². The fourth-order valence-corrected chi connectivity index (χ4v) is 6.12. The predicted molar refractivity (Wildman–Crippen MR) is 237 cm³/mol. The van der Waals surface area contributed by atoms with Crippen molar-refractivity contribution in [1.29, 1.82) is 0 Å². The van der Waals surface area contributed by atoms with Gasteiger partial charge >= 0.3 is 0 Å². The molecular weight excluding hydrogens is 791 g/mol. The number of ether oxygens (including phenoxy) is 1. The molecule has 22 nitrogen and oxygen atoms in total. The highest BCUT2D eigenvalue weighted by Crippen LogP contribution is 2.19. The van der Waals surface area contributed by atoms with Gasteiger partial charge in [-0.25, -0.2) is 59.8 Å². The number of aromatic nitrogens is 17. The third-order valence-electron chi connectivity index (χ3n) is 9.32. The Morgan fingerprint density at radius 1 is 0.613 bits per heavy atom. The quantitative estimate of drug-likeness (QED) is 0.0518. The van der Waals surface area contributed by atoms with E-state index >= 15 is 0 Å². The first-order valence-electron chi connectivity index (χ1n) is 20.3. The molecule has 1 unspecified atom stereocenters. The van der Waals surface area contributed by atoms with Crippen LogP contribution < -0.4 is 21.3 Å². The number of pyridine rings is 1. The van der Waals surface area contributed by atoms with E-state index in [0.29, 0.717) is 29.1 Å². The second-order valence-corrected chi connectivity index (χ2v) is 13.6. The summed E-state index contributed by atoms with van der Waals surface area (Å²) in [6.07, 6.45) is 26.2. The Balaban J connectivity index is 0.000000125. The predicted octanol–water partition coefficient (Wildman–Crippen LogP) is 5.60. The number of rotatable bonds is 13. The number of hydrogen-bond acceptors (Lipinski definition) is 18. The number of hydrogen-bond donors (Lipinski definition) is 8. The van der Waals surface area contributed by atoms with Gasteiger partial charge in [0.1, 0.15) is 47.4 Å². The lowest BCUT2D eigenvalue weighted by Crippen LogP contribution is -2.27. The lowest BCUT2D eigenvalue weighted by Gasteiger charge is -2.22. The largest absolute Gasteiger partial charge is 0.376 e. The second-order valence-electron chi connectivity index (χ2n) is 13.6. The van der Waals surface area contributed by atoms with E-state index in [1.165, 1.54) is 44.6 Å². The number of H-pyrrole nitrogens is 4. The standard InChI is InChI=1S/C11H10N6.C11H15N5O.C9H13N5.C9H11N5/c1-3-12-4-2-8(1)5-13-10-9-11(15-6-14-9)17-7-16-10;1-2-4-17-8(3-1)5-12-10-9-11(14-6-13-9)16-7-15-10;2*1-2-3-4-10-8-7-9(12-5-11-7)14-6-13-8/h1-4,6-7H,5H2,(H2,13,14,15,16,17);6-8H,1-5H2,(H2,12,13,14,15,16);5-6H,2-4H2,1H3,(H2,10,11,12,13,14);2-3,5-6H,4H2,1H3,(H2,10,11,12,13,14)/b;;;3-2+. The highest BCUT2D eigenvalue weighted by molar-refractivity contribution is 5.84. The first-order chi connectivity index (χ1) is 30.7. The van der Waals surface area contributed by atoms with Crippen molar-refractivity contribution in [2.24, 2.45) is 0 Å². The Bertz CT molecular complexity index is 2700. The molecular formula is C40H49N21O. The van der Waals surface area contributed by atoms with Crippen LogP contribution in [0, 0.1) is 0 Å². The number of nitrogens with zero attached hydrogens (tertiary/aromatic N) is 13. The van der Waals surface area contributed by atoms with Gasteiger partial charge in [-0.2, -0.15) is 0 Å². The van der Waals surface area contributed by atoms with E-state index in [9.17, 15) is 0 Å². The Morgan fingerprint density at radius 3 is 1.60 bits per heavy atom. The summed E-state index contributed by atoms with van der Waals surface area (Å²) in [7, 11) is 0. The smallest absolute Gasteiger partial charge is 0.182 e. The summed E-state index contributed by atoms with van der Waals surface area (Å²) in [6.45, 7) is 8.17. The normalized spacial score (nSPS) is 13.5. The van der Waals surface area contributed by atoms with Crippen molar-refractivity contribution in [3.8, 4) is 0 Å². The van der Waals surface area contributed by atoms with Crippen molar-refractivity contribution in [2.45, 2.75) is 58.6 Å². The van der Waals surface area contributed by atoms with Crippen LogP contribution in [0.1, 0.15) is 51.5 Å². The van der Waals surface area contributed by atoms with Gasteiger partial charge in [-0.1, -0.05) is 25.5 Å². The van der Waals surface area contributed by atoms with Gasteiger partial charge in [0.2, 0.25) is 0 Å². The maximum atomic E-state index is 5.66. The SMILES string of the molecule is C/C=C/CNc1ncnc2nc[nH]c12.CCCCNc1ncnc2nc[nH]c12.c1cc(CNc2ncnc3nc[nH]c23)ccn1.c1nc(NCC2CCCCO2)c2[nH]cnc2n1. The summed E-state index contributed by atoms with van der Waals surface area (Å²) >= 11 is 0. The fraction of sp³-hybridized carbons (Fsp3) is 0.325. The van der Waals surface area contributed by atoms with Crippen LogP contribution >= 0.6 is 0 Å². The van der Waals surface area contributed by atoms with Crippen LogP contribution in [0.4, 0.5) is 23.3 Å². The lowest BCUT2D eigenvalue weighted by atomic mass is 10.1. The number of unbranched alkanes of at least 4 members (excludes halogenated alkanes) is 1. The molecule has 0 radical (unpaired) electrons. The van der Waals surface area contributed by atoms with Gasteiger partial charge in [0.05, 0.1) is 31.4 Å². The van der Waals surface area contributed by atoms with Crippen LogP contribution in [-0.4, -0.2) is 117 Å². The molecule has 1 fully saturated rings. The molecule has 1 atom stereocenters. The summed E-state index contributed by atoms with van der Waals surface area (Å²) < 4.78 is 5.66. The van der Waals surface area contributed by atoms with Crippen LogP contribution in [0.2, 0.25) is 0 Å². The molecule has 0 bridgehead atoms. The average Bonchev–Trinajstić information content (AvgIpc) is 4.17. The monoisotopic (exact) mass is 839 g/mol. The van der Waals surface area contributed by atoms with Crippen molar-refractivity contribution in [3.05, 3.63) is 92.9 Å². The highest BCUT2D eigenvalue weighted by Gasteiger charge is 2.15. The van der Waals surface area contributed by atoms with E-state index in [4.69, 9.17) is 4.74 Å². The maximum absolute atomic E-state index is 5.66. The molecule has 10 heterocycles. The molecule has 320 valence electrons. The minimum absolute atomic E-state index is 0.289. The molecule has 0 amide bonds. The van der Waals surface area contributed by atoms with Crippen molar-refractivity contribution in [1.82, 2.24) is 84.7 Å². The molecule has 22 heteroatoms. The van der Waals surface area contributed by atoms with Crippen LogP contribution in [0.25, 0.3) is 44.7 Å². The molecule has 1 saturated heterocycles. The third-order valence-corrected chi connectivity index (χ3v) is 9.32. The minimum atomic E-state index is 0.289. The molecule has 62 heavy (non-hydrogen) atoms. The number of imidazole rings is 4. The second kappa shape index (κ2) is 22.6. The van der Waals surface area contributed by atoms with Gasteiger partial charge in [0, 0.05) is 45.2 Å². The van der Waals surface area contributed by atoms with E-state index in [1.807, 2.05) is 31.2 Å². The van der Waals surface area contributed by atoms with Crippen LogP contribution in [0.15, 0.2) is 87.3 Å². The Kier molecular flexibility index (Phi) is 15.4. The molecule has 9 aromatic heterocycles. The van der Waals surface area contributed by atoms with Crippen LogP contribution in [-0.2, 0) is 11.3 Å². The molecule has 0 saturated carbocycles. The number of anilines is 4. The summed E-state index contributed by atoms with van der Waals surface area (Å²) in [4.78, 5) is 65.2. The van der Waals surface area contributed by atoms with Gasteiger partial charge in [-0.15, -0.1) is 0 Å². The van der Waals surface area contributed by atoms with E-state index in [-0.39, 0.29) is 6.10 Å². The number of allylic oxidation sites excluding steroid dienone is 1. The van der Waals surface area contributed by atoms with Crippen molar-refractivity contribution in [2.75, 3.05) is 47.5 Å². The van der Waals surface area contributed by atoms with Gasteiger partial charge < -0.3 is 45.9 Å². The third kappa shape index (κ3) is 11.7. The molecule has 8 N–H and O–H groups in total. The minimum Gasteiger partial charge on any atom is -0.376 e. The van der Waals surface area contributed by atoms with Gasteiger partial charge in [-0.3, -0.25) is 4.98 Å². The van der Waals surface area contributed by atoms with Crippen molar-refractivity contribution >= 4 is 67.9 Å². The van der Waals surface area contributed by atoms with E-state index in [0.717, 1.165) is 90.0 Å². The molecule has 10 rings (SSSR count). The summed E-state index contributed by atoms with van der Waals surface area (Å²) in [5.41, 5.74) is 7.28. The lowest BCUT2D eigenvalue weighted by molar-refractivity contribution is 0.0247. The maximum Gasteiger partial charge on any atom is 0.182 e. The molecule has 0 aromatic carbocycles. The number of fused-ring (bicyclic) bond motifs is 4. The molecule has 0 aliphatic carbocycles. The van der Waals surface area contributed by atoms with Crippen LogP contribution in [0.3, 0.4) is 0 Å². The number of aromatic amines is 4. The average molecular weight is 840 g/mol. The van der Waals surface area contributed by atoms with Crippen molar-refractivity contribution < 1.29 is 4.74 Å². The zero-order valence-electron chi connectivity index (χ0n) is 34.5. The van der Waals surface area contributed by atoms with Gasteiger partial charge in [0.25, 0.3) is 0 Å². The first-order valence-corrected chi connectivity index (χ1v) is 20.3. The first kappa shape index (κ1) is 42.4. The van der Waals surface area contributed by atoms with E-state index in [1.54, 1.807) is 37.7 Å². The zero-order valence-corrected chi connectivity index (χ0v) is 34.5. The van der Waals surface area contributed by atoms with Gasteiger partial charge in [-0.05, 0) is 50.3 Å². The van der Waals surface area contributed by atoms with Gasteiger partial charge in [0.15, 0.2) is 45.9 Å². The van der Waals surface area contributed by atoms with Crippen molar-refractivity contribution in [3.63, 3.8) is 0 Å². The summed E-state index contributed by atoms with van der Waals surface area (Å²) in [6, 6.07) is 3.91.